The maximum atomic E-state index is 12.7. The van der Waals surface area contributed by atoms with Crippen molar-refractivity contribution in [3.8, 4) is 0 Å². The molecular formula is C21H23ClN2O2S. The summed E-state index contributed by atoms with van der Waals surface area (Å²) >= 11 is 7.63. The fourth-order valence-electron chi connectivity index (χ4n) is 2.68. The van der Waals surface area contributed by atoms with Crippen LogP contribution >= 0.6 is 23.4 Å². The zero-order chi connectivity index (χ0) is 19.4. The van der Waals surface area contributed by atoms with Crippen molar-refractivity contribution in [1.29, 1.82) is 0 Å². The first-order valence-corrected chi connectivity index (χ1v) is 10.4. The molecule has 6 heteroatoms. The lowest BCUT2D eigenvalue weighted by Crippen LogP contribution is -2.25. The molecule has 0 bridgehead atoms. The first kappa shape index (κ1) is 19.8. The molecule has 2 N–H and O–H groups in total. The number of hydrogen-bond acceptors (Lipinski definition) is 3. The van der Waals surface area contributed by atoms with Gasteiger partial charge in [0, 0.05) is 27.2 Å². The first-order chi connectivity index (χ1) is 13.0. The molecule has 1 atom stereocenters. The van der Waals surface area contributed by atoms with Gasteiger partial charge in [0.15, 0.2) is 0 Å². The van der Waals surface area contributed by atoms with Gasteiger partial charge in [0.2, 0.25) is 11.8 Å². The van der Waals surface area contributed by atoms with Crippen LogP contribution < -0.4 is 10.6 Å². The molecule has 27 heavy (non-hydrogen) atoms. The Morgan fingerprint density at radius 1 is 1.19 bits per heavy atom. The topological polar surface area (TPSA) is 58.2 Å². The average molecular weight is 403 g/mol. The Morgan fingerprint density at radius 3 is 2.63 bits per heavy atom. The van der Waals surface area contributed by atoms with Crippen LogP contribution in [0.15, 0.2) is 47.4 Å². The monoisotopic (exact) mass is 402 g/mol. The molecule has 2 aromatic rings. The third-order valence-corrected chi connectivity index (χ3v) is 6.28. The lowest BCUT2D eigenvalue weighted by molar-refractivity contribution is -0.117. The van der Waals surface area contributed by atoms with E-state index < -0.39 is 0 Å². The number of nitrogens with one attached hydrogen (secondary N) is 2. The van der Waals surface area contributed by atoms with Crippen LogP contribution in [0.5, 0.6) is 0 Å². The molecule has 3 rings (SSSR count). The van der Waals surface area contributed by atoms with Gasteiger partial charge >= 0.3 is 0 Å². The van der Waals surface area contributed by atoms with Gasteiger partial charge in [-0.3, -0.25) is 9.59 Å². The highest BCUT2D eigenvalue weighted by atomic mass is 35.5. The number of rotatable bonds is 7. The van der Waals surface area contributed by atoms with Gasteiger partial charge in [-0.25, -0.2) is 0 Å². The van der Waals surface area contributed by atoms with Crippen LogP contribution in [0.1, 0.15) is 31.7 Å². The fourth-order valence-corrected chi connectivity index (χ4v) is 3.87. The number of benzene rings is 2. The zero-order valence-electron chi connectivity index (χ0n) is 15.4. The molecule has 1 saturated carbocycles. The van der Waals surface area contributed by atoms with E-state index in [-0.39, 0.29) is 23.0 Å². The van der Waals surface area contributed by atoms with Crippen molar-refractivity contribution in [2.75, 3.05) is 10.6 Å². The summed E-state index contributed by atoms with van der Waals surface area (Å²) < 4.78 is 0. The van der Waals surface area contributed by atoms with Crippen LogP contribution in [0.25, 0.3) is 0 Å². The minimum Gasteiger partial charge on any atom is -0.326 e. The summed E-state index contributed by atoms with van der Waals surface area (Å²) in [6.07, 6.45) is 2.64. The van der Waals surface area contributed by atoms with E-state index >= 15 is 0 Å². The van der Waals surface area contributed by atoms with Crippen LogP contribution in [-0.4, -0.2) is 17.1 Å². The molecule has 4 nitrogen and oxygen atoms in total. The average Bonchev–Trinajstić information content (AvgIpc) is 3.49. The minimum atomic E-state index is -0.238. The maximum Gasteiger partial charge on any atom is 0.237 e. The van der Waals surface area contributed by atoms with Crippen molar-refractivity contribution < 1.29 is 9.59 Å². The van der Waals surface area contributed by atoms with E-state index in [1.54, 1.807) is 6.07 Å². The van der Waals surface area contributed by atoms with E-state index in [2.05, 4.69) is 10.6 Å². The van der Waals surface area contributed by atoms with E-state index in [4.69, 9.17) is 11.6 Å². The summed E-state index contributed by atoms with van der Waals surface area (Å²) in [7, 11) is 0. The Bertz CT molecular complexity index is 852. The summed E-state index contributed by atoms with van der Waals surface area (Å²) in [5.41, 5.74) is 2.37. The second-order valence-electron chi connectivity index (χ2n) is 6.71. The number of thioether (sulfide) groups is 1. The summed E-state index contributed by atoms with van der Waals surface area (Å²) in [6, 6.07) is 13.1. The van der Waals surface area contributed by atoms with Crippen LogP contribution in [0, 0.1) is 12.8 Å². The van der Waals surface area contributed by atoms with Crippen molar-refractivity contribution in [2.45, 2.75) is 43.3 Å². The zero-order valence-corrected chi connectivity index (χ0v) is 17.0. The van der Waals surface area contributed by atoms with Gasteiger partial charge in [0.05, 0.1) is 5.25 Å². The molecule has 1 fully saturated rings. The van der Waals surface area contributed by atoms with Crippen LogP contribution in [-0.2, 0) is 9.59 Å². The molecule has 2 amide bonds. The predicted octanol–water partition coefficient (Wildman–Crippen LogP) is 5.51. The lowest BCUT2D eigenvalue weighted by atomic mass is 10.2. The Morgan fingerprint density at radius 2 is 1.93 bits per heavy atom. The highest BCUT2D eigenvalue weighted by Crippen LogP contribution is 2.32. The smallest absolute Gasteiger partial charge is 0.237 e. The van der Waals surface area contributed by atoms with Crippen LogP contribution in [0.2, 0.25) is 5.02 Å². The number of amides is 2. The number of carbonyl (C=O) groups excluding carboxylic acids is 2. The van der Waals surface area contributed by atoms with E-state index in [0.29, 0.717) is 11.4 Å². The first-order valence-electron chi connectivity index (χ1n) is 9.11. The lowest BCUT2D eigenvalue weighted by Gasteiger charge is -2.17. The van der Waals surface area contributed by atoms with Gasteiger partial charge in [-0.2, -0.15) is 0 Å². The molecule has 0 saturated heterocycles. The highest BCUT2D eigenvalue weighted by Gasteiger charge is 2.29. The number of anilines is 2. The van der Waals surface area contributed by atoms with Crippen molar-refractivity contribution in [3.05, 3.63) is 53.1 Å². The fraction of sp³-hybridized carbons (Fsp3) is 0.333. The highest BCUT2D eigenvalue weighted by molar-refractivity contribution is 8.00. The SMILES string of the molecule is CCC(Sc1cccc(NC(=O)C2CC2)c1)C(=O)Nc1cccc(Cl)c1C. The molecule has 2 aromatic carbocycles. The van der Waals surface area contributed by atoms with Gasteiger partial charge in [-0.1, -0.05) is 30.7 Å². The summed E-state index contributed by atoms with van der Waals surface area (Å²) in [5, 5.41) is 6.32. The van der Waals surface area contributed by atoms with Crippen molar-refractivity contribution >= 4 is 46.6 Å². The maximum absolute atomic E-state index is 12.7. The van der Waals surface area contributed by atoms with Gasteiger partial charge < -0.3 is 10.6 Å². The van der Waals surface area contributed by atoms with Gasteiger partial charge in [-0.15, -0.1) is 11.8 Å². The number of hydrogen-bond donors (Lipinski definition) is 2. The normalized spacial score (nSPS) is 14.5. The van der Waals surface area contributed by atoms with E-state index in [1.165, 1.54) is 11.8 Å². The van der Waals surface area contributed by atoms with Crippen molar-refractivity contribution in [2.24, 2.45) is 5.92 Å². The molecule has 0 aliphatic heterocycles. The standard InChI is InChI=1S/C21H23ClN2O2S/c1-3-19(21(26)24-18-9-5-8-17(22)13(18)2)27-16-7-4-6-15(12-16)23-20(25)14-10-11-14/h4-9,12,14,19H,3,10-11H2,1-2H3,(H,23,25)(H,24,26). The van der Waals surface area contributed by atoms with Crippen molar-refractivity contribution in [1.82, 2.24) is 0 Å². The molecule has 1 unspecified atom stereocenters. The molecule has 0 aromatic heterocycles. The van der Waals surface area contributed by atoms with Gasteiger partial charge in [-0.05, 0) is 62.1 Å². The Balaban J connectivity index is 1.66. The predicted molar refractivity (Wildman–Crippen MR) is 113 cm³/mol. The Labute approximate surface area is 169 Å². The van der Waals surface area contributed by atoms with Gasteiger partial charge in [0.1, 0.15) is 0 Å². The molecular weight excluding hydrogens is 380 g/mol. The summed E-state index contributed by atoms with van der Waals surface area (Å²) in [5.74, 6) is 0.190. The minimum absolute atomic E-state index is 0.0553. The summed E-state index contributed by atoms with van der Waals surface area (Å²) in [6.45, 7) is 3.87. The van der Waals surface area contributed by atoms with E-state index in [0.717, 1.165) is 34.7 Å². The molecule has 1 aliphatic rings. The molecule has 1 aliphatic carbocycles. The van der Waals surface area contributed by atoms with E-state index in [9.17, 15) is 9.59 Å². The van der Waals surface area contributed by atoms with Crippen LogP contribution in [0.3, 0.4) is 0 Å². The molecule has 0 radical (unpaired) electrons. The Kier molecular flexibility index (Phi) is 6.45. The molecule has 0 heterocycles. The number of halogens is 1. The quantitative estimate of drug-likeness (QED) is 0.600. The van der Waals surface area contributed by atoms with Gasteiger partial charge in [0.25, 0.3) is 0 Å². The molecule has 0 spiro atoms. The third kappa shape index (κ3) is 5.27. The Hall–Kier alpha value is -1.98. The van der Waals surface area contributed by atoms with Crippen LogP contribution in [0.4, 0.5) is 11.4 Å². The van der Waals surface area contributed by atoms with E-state index in [1.807, 2.05) is 50.2 Å². The largest absolute Gasteiger partial charge is 0.326 e. The number of carbonyl (C=O) groups is 2. The molecule has 142 valence electrons. The summed E-state index contributed by atoms with van der Waals surface area (Å²) in [4.78, 5) is 25.6. The van der Waals surface area contributed by atoms with Crippen molar-refractivity contribution in [3.63, 3.8) is 0 Å². The third-order valence-electron chi connectivity index (χ3n) is 4.52. The second kappa shape index (κ2) is 8.81. The second-order valence-corrected chi connectivity index (χ2v) is 8.39.